The van der Waals surface area contributed by atoms with Crippen LogP contribution in [0.15, 0.2) is 33.4 Å². The highest BCUT2D eigenvalue weighted by Gasteiger charge is 2.32. The number of hydrogen-bond donors (Lipinski definition) is 0. The summed E-state index contributed by atoms with van der Waals surface area (Å²) in [6.07, 6.45) is 2.93. The highest BCUT2D eigenvalue weighted by molar-refractivity contribution is 5.93. The smallest absolute Gasteiger partial charge is 0.276 e. The number of nitrogens with zero attached hydrogens (tertiary/aromatic N) is 3. The summed E-state index contributed by atoms with van der Waals surface area (Å²) in [7, 11) is 0. The van der Waals surface area contributed by atoms with Gasteiger partial charge in [-0.3, -0.25) is 9.59 Å². The molecule has 2 fully saturated rings. The molecule has 4 heterocycles. The van der Waals surface area contributed by atoms with Crippen LogP contribution in [-0.2, 0) is 9.53 Å². The number of carbonyl (C=O) groups is 2. The Hall–Kier alpha value is -2.61. The zero-order valence-electron chi connectivity index (χ0n) is 13.7. The standard InChI is InChI=1S/C17H19N3O5/c21-16(12-11-15(25-18-12)13-3-1-9-23-13)19-5-7-20(8-6-19)17(22)14-4-2-10-24-14/h1,3,9,11,14H,2,4-8,10H2. The van der Waals surface area contributed by atoms with Gasteiger partial charge in [0.2, 0.25) is 5.76 Å². The maximum atomic E-state index is 12.6. The van der Waals surface area contributed by atoms with Crippen molar-refractivity contribution in [1.29, 1.82) is 0 Å². The van der Waals surface area contributed by atoms with Crippen LogP contribution < -0.4 is 0 Å². The zero-order chi connectivity index (χ0) is 17.2. The van der Waals surface area contributed by atoms with Crippen LogP contribution in [0.25, 0.3) is 11.5 Å². The summed E-state index contributed by atoms with van der Waals surface area (Å²) in [4.78, 5) is 28.4. The van der Waals surface area contributed by atoms with E-state index in [0.717, 1.165) is 12.8 Å². The molecule has 1 unspecified atom stereocenters. The highest BCUT2D eigenvalue weighted by Crippen LogP contribution is 2.22. The summed E-state index contributed by atoms with van der Waals surface area (Å²) in [6, 6.07) is 5.05. The van der Waals surface area contributed by atoms with Gasteiger partial charge in [-0.1, -0.05) is 5.16 Å². The molecule has 0 bridgehead atoms. The maximum Gasteiger partial charge on any atom is 0.276 e. The molecule has 25 heavy (non-hydrogen) atoms. The molecule has 0 aromatic carbocycles. The van der Waals surface area contributed by atoms with Gasteiger partial charge in [-0.2, -0.15) is 0 Å². The lowest BCUT2D eigenvalue weighted by molar-refractivity contribution is -0.142. The second-order valence-electron chi connectivity index (χ2n) is 6.17. The Bertz CT molecular complexity index is 740. The number of aromatic nitrogens is 1. The summed E-state index contributed by atoms with van der Waals surface area (Å²) in [6.45, 7) is 2.61. The summed E-state index contributed by atoms with van der Waals surface area (Å²) >= 11 is 0. The first kappa shape index (κ1) is 15.9. The molecule has 2 aliphatic rings. The summed E-state index contributed by atoms with van der Waals surface area (Å²) in [5.74, 6) is 0.774. The summed E-state index contributed by atoms with van der Waals surface area (Å²) in [5.41, 5.74) is 0.241. The normalized spacial score (nSPS) is 20.9. The predicted octanol–water partition coefficient (Wildman–Crippen LogP) is 1.40. The van der Waals surface area contributed by atoms with Gasteiger partial charge in [-0.15, -0.1) is 0 Å². The van der Waals surface area contributed by atoms with E-state index in [2.05, 4.69) is 5.16 Å². The number of rotatable bonds is 3. The first-order valence-corrected chi connectivity index (χ1v) is 8.42. The molecule has 1 atom stereocenters. The van der Waals surface area contributed by atoms with E-state index in [0.29, 0.717) is 44.3 Å². The number of amides is 2. The number of carbonyl (C=O) groups excluding carboxylic acids is 2. The molecule has 0 N–H and O–H groups in total. The molecule has 2 amide bonds. The van der Waals surface area contributed by atoms with Crippen molar-refractivity contribution in [2.75, 3.05) is 32.8 Å². The number of hydrogen-bond acceptors (Lipinski definition) is 6. The molecular weight excluding hydrogens is 326 g/mol. The monoisotopic (exact) mass is 345 g/mol. The van der Waals surface area contributed by atoms with Crippen LogP contribution in [0.4, 0.5) is 0 Å². The number of ether oxygens (including phenoxy) is 1. The van der Waals surface area contributed by atoms with Crippen molar-refractivity contribution in [3.05, 3.63) is 30.2 Å². The second-order valence-corrected chi connectivity index (χ2v) is 6.17. The molecule has 2 aromatic rings. The van der Waals surface area contributed by atoms with Crippen LogP contribution in [0, 0.1) is 0 Å². The third kappa shape index (κ3) is 3.17. The number of furan rings is 1. The molecule has 8 heteroatoms. The van der Waals surface area contributed by atoms with E-state index in [1.165, 1.54) is 6.26 Å². The molecule has 2 aliphatic heterocycles. The van der Waals surface area contributed by atoms with Crippen molar-refractivity contribution < 1.29 is 23.3 Å². The van der Waals surface area contributed by atoms with Gasteiger partial charge >= 0.3 is 0 Å². The van der Waals surface area contributed by atoms with E-state index in [-0.39, 0.29) is 23.6 Å². The van der Waals surface area contributed by atoms with Gasteiger partial charge in [0, 0.05) is 38.9 Å². The fraction of sp³-hybridized carbons (Fsp3) is 0.471. The minimum atomic E-state index is -0.311. The van der Waals surface area contributed by atoms with Crippen LogP contribution >= 0.6 is 0 Å². The lowest BCUT2D eigenvalue weighted by Gasteiger charge is -2.35. The zero-order valence-corrected chi connectivity index (χ0v) is 13.7. The first-order valence-electron chi connectivity index (χ1n) is 8.42. The summed E-state index contributed by atoms with van der Waals surface area (Å²) < 4.78 is 15.9. The fourth-order valence-corrected chi connectivity index (χ4v) is 3.18. The van der Waals surface area contributed by atoms with E-state index in [4.69, 9.17) is 13.7 Å². The largest absolute Gasteiger partial charge is 0.461 e. The quantitative estimate of drug-likeness (QED) is 0.835. The van der Waals surface area contributed by atoms with Crippen LogP contribution in [0.2, 0.25) is 0 Å². The van der Waals surface area contributed by atoms with Gasteiger partial charge in [-0.25, -0.2) is 0 Å². The predicted molar refractivity (Wildman–Crippen MR) is 85.7 cm³/mol. The van der Waals surface area contributed by atoms with Gasteiger partial charge in [0.05, 0.1) is 6.26 Å². The van der Waals surface area contributed by atoms with Crippen molar-refractivity contribution in [2.45, 2.75) is 18.9 Å². The molecule has 0 saturated carbocycles. The van der Waals surface area contributed by atoms with Crippen molar-refractivity contribution in [2.24, 2.45) is 0 Å². The van der Waals surface area contributed by atoms with E-state index in [1.807, 2.05) is 0 Å². The van der Waals surface area contributed by atoms with E-state index < -0.39 is 0 Å². The average Bonchev–Trinajstić information content (AvgIpc) is 3.42. The molecule has 4 rings (SSSR count). The summed E-state index contributed by atoms with van der Waals surface area (Å²) in [5, 5.41) is 3.84. The van der Waals surface area contributed by atoms with E-state index in [1.54, 1.807) is 28.0 Å². The minimum absolute atomic E-state index is 0.0335. The molecular formula is C17H19N3O5. The van der Waals surface area contributed by atoms with Gasteiger partial charge in [0.1, 0.15) is 6.10 Å². The Labute approximate surface area is 144 Å². The Kier molecular flexibility index (Phi) is 4.27. The lowest BCUT2D eigenvalue weighted by Crippen LogP contribution is -2.52. The lowest BCUT2D eigenvalue weighted by atomic mass is 10.2. The SMILES string of the molecule is O=C(c1cc(-c2ccco2)on1)N1CCN(C(=O)C2CCCO2)CC1. The Morgan fingerprint density at radius 1 is 1.12 bits per heavy atom. The van der Waals surface area contributed by atoms with Gasteiger partial charge in [0.25, 0.3) is 11.8 Å². The third-order valence-electron chi connectivity index (χ3n) is 4.58. The molecule has 0 radical (unpaired) electrons. The average molecular weight is 345 g/mol. The minimum Gasteiger partial charge on any atom is -0.461 e. The van der Waals surface area contributed by atoms with Crippen molar-refractivity contribution >= 4 is 11.8 Å². The molecule has 0 spiro atoms. The molecule has 2 saturated heterocycles. The molecule has 8 nitrogen and oxygen atoms in total. The van der Waals surface area contributed by atoms with Crippen LogP contribution in [0.1, 0.15) is 23.3 Å². The Morgan fingerprint density at radius 3 is 2.60 bits per heavy atom. The molecule has 0 aliphatic carbocycles. The Balaban J connectivity index is 1.36. The van der Waals surface area contributed by atoms with Crippen LogP contribution in [0.3, 0.4) is 0 Å². The first-order chi connectivity index (χ1) is 12.2. The fourth-order valence-electron chi connectivity index (χ4n) is 3.18. The highest BCUT2D eigenvalue weighted by atomic mass is 16.5. The van der Waals surface area contributed by atoms with Crippen molar-refractivity contribution in [1.82, 2.24) is 15.0 Å². The molecule has 2 aromatic heterocycles. The van der Waals surface area contributed by atoms with Crippen LogP contribution in [-0.4, -0.2) is 65.7 Å². The van der Waals surface area contributed by atoms with Crippen molar-refractivity contribution in [3.8, 4) is 11.5 Å². The third-order valence-corrected chi connectivity index (χ3v) is 4.58. The second kappa shape index (κ2) is 6.72. The van der Waals surface area contributed by atoms with Gasteiger partial charge < -0.3 is 23.5 Å². The van der Waals surface area contributed by atoms with Crippen LogP contribution in [0.5, 0.6) is 0 Å². The van der Waals surface area contributed by atoms with Gasteiger partial charge in [0.15, 0.2) is 11.5 Å². The van der Waals surface area contributed by atoms with E-state index >= 15 is 0 Å². The topological polar surface area (TPSA) is 89.0 Å². The number of piperazine rings is 1. The maximum absolute atomic E-state index is 12.6. The molecule has 132 valence electrons. The van der Waals surface area contributed by atoms with Crippen molar-refractivity contribution in [3.63, 3.8) is 0 Å². The Morgan fingerprint density at radius 2 is 1.92 bits per heavy atom. The van der Waals surface area contributed by atoms with E-state index in [9.17, 15) is 9.59 Å². The van der Waals surface area contributed by atoms with Gasteiger partial charge in [-0.05, 0) is 25.0 Å².